The summed E-state index contributed by atoms with van der Waals surface area (Å²) in [6.07, 6.45) is 1.17. The number of nitrogens with zero attached hydrogens (tertiary/aromatic N) is 1. The molecule has 1 fully saturated rings. The SMILES string of the molecule is [NH-]C[C@H]1CCN(c2ccc3ccsc3c2)C1. The van der Waals surface area contributed by atoms with Crippen molar-refractivity contribution in [1.82, 2.24) is 0 Å². The molecule has 16 heavy (non-hydrogen) atoms. The Morgan fingerprint density at radius 1 is 1.38 bits per heavy atom. The van der Waals surface area contributed by atoms with Crippen LogP contribution in [0, 0.1) is 5.92 Å². The molecule has 2 nitrogen and oxygen atoms in total. The van der Waals surface area contributed by atoms with Crippen LogP contribution in [0.1, 0.15) is 6.42 Å². The van der Waals surface area contributed by atoms with Gasteiger partial charge < -0.3 is 10.6 Å². The van der Waals surface area contributed by atoms with Gasteiger partial charge in [0.05, 0.1) is 0 Å². The van der Waals surface area contributed by atoms with Gasteiger partial charge in [-0.3, -0.25) is 0 Å². The molecule has 2 aromatic rings. The molecule has 1 saturated heterocycles. The minimum Gasteiger partial charge on any atom is -0.677 e. The highest BCUT2D eigenvalue weighted by Crippen LogP contribution is 2.29. The quantitative estimate of drug-likeness (QED) is 0.772. The smallest absolute Gasteiger partial charge is 0.0380 e. The highest BCUT2D eigenvalue weighted by Gasteiger charge is 2.19. The van der Waals surface area contributed by atoms with Gasteiger partial charge in [0.2, 0.25) is 0 Å². The monoisotopic (exact) mass is 231 g/mol. The Morgan fingerprint density at radius 2 is 2.31 bits per heavy atom. The Morgan fingerprint density at radius 3 is 3.12 bits per heavy atom. The van der Waals surface area contributed by atoms with Gasteiger partial charge in [-0.1, -0.05) is 6.07 Å². The van der Waals surface area contributed by atoms with E-state index in [1.807, 2.05) is 0 Å². The third-order valence-corrected chi connectivity index (χ3v) is 4.26. The summed E-state index contributed by atoms with van der Waals surface area (Å²) in [6.45, 7) is 2.73. The first-order chi connectivity index (χ1) is 7.86. The first-order valence-electron chi connectivity index (χ1n) is 5.73. The van der Waals surface area contributed by atoms with Gasteiger partial charge in [-0.05, 0) is 41.3 Å². The van der Waals surface area contributed by atoms with Crippen LogP contribution in [0.5, 0.6) is 0 Å². The van der Waals surface area contributed by atoms with E-state index in [1.165, 1.54) is 22.2 Å². The first kappa shape index (κ1) is 10.1. The third kappa shape index (κ3) is 1.70. The molecule has 0 unspecified atom stereocenters. The second-order valence-corrected chi connectivity index (χ2v) is 5.40. The molecular weight excluding hydrogens is 216 g/mol. The van der Waals surface area contributed by atoms with E-state index in [-0.39, 0.29) is 0 Å². The maximum Gasteiger partial charge on any atom is 0.0380 e. The van der Waals surface area contributed by atoms with Crippen LogP contribution >= 0.6 is 11.3 Å². The van der Waals surface area contributed by atoms with Gasteiger partial charge in [0.15, 0.2) is 0 Å². The molecule has 1 aliphatic heterocycles. The van der Waals surface area contributed by atoms with Crippen molar-refractivity contribution in [3.8, 4) is 0 Å². The molecule has 1 aromatic heterocycles. The summed E-state index contributed by atoms with van der Waals surface area (Å²) >= 11 is 1.80. The van der Waals surface area contributed by atoms with E-state index in [2.05, 4.69) is 34.5 Å². The first-order valence-corrected chi connectivity index (χ1v) is 6.61. The van der Waals surface area contributed by atoms with Crippen LogP contribution in [0.3, 0.4) is 0 Å². The summed E-state index contributed by atoms with van der Waals surface area (Å²) in [6, 6.07) is 8.86. The molecule has 1 aromatic carbocycles. The Labute approximate surface area is 99.7 Å². The molecule has 3 rings (SSSR count). The summed E-state index contributed by atoms with van der Waals surface area (Å²) in [5, 5.41) is 3.48. The predicted octanol–water partition coefficient (Wildman–Crippen LogP) is 3.78. The minimum absolute atomic E-state index is 0.567. The van der Waals surface area contributed by atoms with E-state index in [1.54, 1.807) is 11.3 Å². The maximum atomic E-state index is 7.43. The lowest BCUT2D eigenvalue weighted by molar-refractivity contribution is 0.642. The van der Waals surface area contributed by atoms with Crippen molar-refractivity contribution in [2.75, 3.05) is 24.5 Å². The Balaban J connectivity index is 1.88. The van der Waals surface area contributed by atoms with Crippen molar-refractivity contribution in [1.29, 1.82) is 0 Å². The molecule has 0 amide bonds. The average Bonchev–Trinajstić information content (AvgIpc) is 2.96. The van der Waals surface area contributed by atoms with Crippen molar-refractivity contribution in [3.05, 3.63) is 35.4 Å². The predicted molar refractivity (Wildman–Crippen MR) is 71.3 cm³/mol. The third-order valence-electron chi connectivity index (χ3n) is 3.38. The molecule has 3 heteroatoms. The van der Waals surface area contributed by atoms with Gasteiger partial charge in [-0.2, -0.15) is 0 Å². The Bertz CT molecular complexity index is 491. The fraction of sp³-hybridized carbons (Fsp3) is 0.385. The lowest BCUT2D eigenvalue weighted by atomic mass is 10.1. The summed E-state index contributed by atoms with van der Waals surface area (Å²) in [7, 11) is 0. The summed E-state index contributed by atoms with van der Waals surface area (Å²) in [4.78, 5) is 2.42. The topological polar surface area (TPSA) is 27.0 Å². The molecule has 2 heterocycles. The average molecular weight is 231 g/mol. The van der Waals surface area contributed by atoms with Crippen LogP contribution < -0.4 is 4.90 Å². The van der Waals surface area contributed by atoms with Gasteiger partial charge in [-0.15, -0.1) is 17.9 Å². The molecule has 0 spiro atoms. The number of hydrogen-bond donors (Lipinski definition) is 0. The molecule has 0 saturated carbocycles. The lowest BCUT2D eigenvalue weighted by Gasteiger charge is -2.19. The fourth-order valence-electron chi connectivity index (χ4n) is 2.37. The van der Waals surface area contributed by atoms with Crippen molar-refractivity contribution in [2.45, 2.75) is 6.42 Å². The van der Waals surface area contributed by atoms with Gasteiger partial charge in [0, 0.05) is 23.5 Å². The molecular formula is C13H15N2S-. The maximum absolute atomic E-state index is 7.43. The standard InChI is InChI=1S/C13H15N2S/c14-8-10-3-5-15(9-10)12-2-1-11-4-6-16-13(11)7-12/h1-2,4,6-7,10,14H,3,5,8-9H2/q-1/t10-/m1/s1. The second kappa shape index (κ2) is 4.07. The molecule has 0 bridgehead atoms. The van der Waals surface area contributed by atoms with E-state index in [9.17, 15) is 0 Å². The highest BCUT2D eigenvalue weighted by atomic mass is 32.1. The minimum atomic E-state index is 0.567. The van der Waals surface area contributed by atoms with Crippen molar-refractivity contribution in [2.24, 2.45) is 5.92 Å². The largest absolute Gasteiger partial charge is 0.677 e. The molecule has 1 N–H and O–H groups in total. The second-order valence-electron chi connectivity index (χ2n) is 4.45. The van der Waals surface area contributed by atoms with Gasteiger partial charge in [0.25, 0.3) is 0 Å². The van der Waals surface area contributed by atoms with Crippen molar-refractivity contribution in [3.63, 3.8) is 0 Å². The summed E-state index contributed by atoms with van der Waals surface area (Å²) in [5.41, 5.74) is 8.76. The zero-order valence-electron chi connectivity index (χ0n) is 9.15. The van der Waals surface area contributed by atoms with E-state index >= 15 is 0 Å². The van der Waals surface area contributed by atoms with Crippen molar-refractivity contribution >= 4 is 27.1 Å². The van der Waals surface area contributed by atoms with E-state index in [4.69, 9.17) is 5.73 Å². The van der Waals surface area contributed by atoms with Crippen LogP contribution in [0.25, 0.3) is 15.8 Å². The van der Waals surface area contributed by atoms with Gasteiger partial charge >= 0.3 is 0 Å². The Hall–Kier alpha value is -1.06. The Kier molecular flexibility index (Phi) is 2.58. The van der Waals surface area contributed by atoms with E-state index < -0.39 is 0 Å². The highest BCUT2D eigenvalue weighted by molar-refractivity contribution is 7.17. The number of fused-ring (bicyclic) bond motifs is 1. The fourth-order valence-corrected chi connectivity index (χ4v) is 3.20. The van der Waals surface area contributed by atoms with Gasteiger partial charge in [0.1, 0.15) is 0 Å². The summed E-state index contributed by atoms with van der Waals surface area (Å²) in [5.74, 6) is 0.569. The number of benzene rings is 1. The molecule has 1 aliphatic rings. The van der Waals surface area contributed by atoms with Crippen LogP contribution in [0.2, 0.25) is 0 Å². The lowest BCUT2D eigenvalue weighted by Crippen LogP contribution is -2.19. The number of anilines is 1. The number of nitrogens with one attached hydrogen (secondary N) is 1. The van der Waals surface area contributed by atoms with Crippen molar-refractivity contribution < 1.29 is 0 Å². The van der Waals surface area contributed by atoms with Crippen LogP contribution in [-0.4, -0.2) is 19.6 Å². The van der Waals surface area contributed by atoms with Crippen LogP contribution in [0.4, 0.5) is 5.69 Å². The molecule has 0 aliphatic carbocycles. The zero-order valence-corrected chi connectivity index (χ0v) is 9.96. The van der Waals surface area contributed by atoms with E-state index in [0.717, 1.165) is 13.1 Å². The number of thiophene rings is 1. The normalized spacial score (nSPS) is 20.8. The number of rotatable bonds is 2. The van der Waals surface area contributed by atoms with Crippen LogP contribution in [-0.2, 0) is 0 Å². The molecule has 0 radical (unpaired) electrons. The number of hydrogen-bond acceptors (Lipinski definition) is 2. The van der Waals surface area contributed by atoms with E-state index in [0.29, 0.717) is 12.5 Å². The molecule has 1 atom stereocenters. The van der Waals surface area contributed by atoms with Crippen LogP contribution in [0.15, 0.2) is 29.6 Å². The molecule has 84 valence electrons. The summed E-state index contributed by atoms with van der Waals surface area (Å²) < 4.78 is 1.37. The zero-order chi connectivity index (χ0) is 11.0. The van der Waals surface area contributed by atoms with Gasteiger partial charge in [-0.25, -0.2) is 0 Å².